The van der Waals surface area contributed by atoms with Crippen LogP contribution in [0.3, 0.4) is 0 Å². The van der Waals surface area contributed by atoms with E-state index in [2.05, 4.69) is 138 Å². The van der Waals surface area contributed by atoms with E-state index in [9.17, 15) is 0 Å². The Morgan fingerprint density at radius 1 is 0.475 bits per heavy atom. The number of benzene rings is 8. The quantitative estimate of drug-likeness (QED) is 0.0924. The van der Waals surface area contributed by atoms with Crippen LogP contribution in [0.25, 0.3) is 76.7 Å². The highest BCUT2D eigenvalue weighted by Gasteiger charge is 2.17. The molecule has 0 aliphatic carbocycles. The second-order valence-electron chi connectivity index (χ2n) is 14.6. The Labute approximate surface area is 342 Å². The number of hydrogen-bond donors (Lipinski definition) is 0. The molecular weight excluding hydrogens is 719 g/mol. The lowest BCUT2D eigenvalue weighted by Gasteiger charge is -2.16. The highest BCUT2D eigenvalue weighted by atomic mass is 15.0. The average Bonchev–Trinajstić information content (AvgIpc) is 3.31. The van der Waals surface area contributed by atoms with Crippen LogP contribution >= 0.6 is 0 Å². The SMILES string of the molecule is C=NC(=NC(=NCc1cc(-c2ccc3ccccc3c2)cc(-c2ccc(-c3nc4ccccc4c4ccncc34)c3ccccc23)c1)c1ccccc1)c1ccccc1. The molecule has 2 heterocycles. The van der Waals surface area contributed by atoms with Crippen LogP contribution in [-0.4, -0.2) is 28.4 Å². The van der Waals surface area contributed by atoms with Crippen molar-refractivity contribution in [1.82, 2.24) is 9.97 Å². The third-order valence-corrected chi connectivity index (χ3v) is 10.9. The fourth-order valence-corrected chi connectivity index (χ4v) is 8.06. The summed E-state index contributed by atoms with van der Waals surface area (Å²) in [5.74, 6) is 1.11. The standard InChI is InChI=1S/C54H37N5/c1-55-53(38-15-4-2-5-16-38)59-54(39-17-6-3-7-18-39)57-34-36-30-42(41-25-24-37-14-8-9-19-40(37)32-41)33-43(31-36)44-26-27-49(46-21-11-10-20-45(44)46)52-50-35-56-29-28-47(50)48-22-12-13-23-51(48)58-52/h2-33,35H,1,34H2. The van der Waals surface area contributed by atoms with Crippen molar-refractivity contribution in [3.8, 4) is 33.5 Å². The topological polar surface area (TPSA) is 62.9 Å². The second-order valence-corrected chi connectivity index (χ2v) is 14.6. The molecule has 59 heavy (non-hydrogen) atoms. The maximum Gasteiger partial charge on any atom is 0.161 e. The third-order valence-electron chi connectivity index (χ3n) is 10.9. The first kappa shape index (κ1) is 35.5. The number of fused-ring (bicyclic) bond motifs is 5. The van der Waals surface area contributed by atoms with E-state index in [0.717, 1.165) is 82.6 Å². The Morgan fingerprint density at radius 2 is 1.12 bits per heavy atom. The van der Waals surface area contributed by atoms with Gasteiger partial charge in [0.05, 0.1) is 17.8 Å². The zero-order valence-electron chi connectivity index (χ0n) is 32.2. The summed E-state index contributed by atoms with van der Waals surface area (Å²) in [5.41, 5.74) is 10.3. The monoisotopic (exact) mass is 755 g/mol. The Morgan fingerprint density at radius 3 is 1.90 bits per heavy atom. The van der Waals surface area contributed by atoms with Gasteiger partial charge in [0.25, 0.3) is 0 Å². The molecule has 2 aromatic heterocycles. The van der Waals surface area contributed by atoms with Gasteiger partial charge in [0.1, 0.15) is 0 Å². The molecule has 0 aliphatic rings. The number of aromatic nitrogens is 2. The second kappa shape index (κ2) is 15.6. The number of amidine groups is 2. The van der Waals surface area contributed by atoms with Crippen LogP contribution in [-0.2, 0) is 6.54 Å². The summed E-state index contributed by atoms with van der Waals surface area (Å²) < 4.78 is 0. The van der Waals surface area contributed by atoms with Crippen LogP contribution in [0.5, 0.6) is 0 Å². The Bertz CT molecular complexity index is 3260. The predicted octanol–water partition coefficient (Wildman–Crippen LogP) is 13.2. The summed E-state index contributed by atoms with van der Waals surface area (Å²) in [6.07, 6.45) is 3.80. The predicted molar refractivity (Wildman–Crippen MR) is 248 cm³/mol. The van der Waals surface area contributed by atoms with Crippen molar-refractivity contribution in [2.24, 2.45) is 15.0 Å². The van der Waals surface area contributed by atoms with E-state index < -0.39 is 0 Å². The average molecular weight is 756 g/mol. The van der Waals surface area contributed by atoms with Crippen molar-refractivity contribution in [2.45, 2.75) is 6.54 Å². The van der Waals surface area contributed by atoms with Gasteiger partial charge in [-0.05, 0) is 97.9 Å². The van der Waals surface area contributed by atoms with Gasteiger partial charge in [0, 0.05) is 39.9 Å². The van der Waals surface area contributed by atoms with Crippen molar-refractivity contribution in [2.75, 3.05) is 0 Å². The molecule has 278 valence electrons. The zero-order chi connectivity index (χ0) is 39.5. The Kier molecular flexibility index (Phi) is 9.37. The molecule has 10 aromatic rings. The lowest BCUT2D eigenvalue weighted by molar-refractivity contribution is 1.06. The largest absolute Gasteiger partial charge is 0.264 e. The lowest BCUT2D eigenvalue weighted by Crippen LogP contribution is -2.05. The maximum atomic E-state index is 5.25. The van der Waals surface area contributed by atoms with Crippen molar-refractivity contribution in [3.05, 3.63) is 217 Å². The van der Waals surface area contributed by atoms with E-state index in [1.165, 1.54) is 10.8 Å². The number of nitrogens with zero attached hydrogens (tertiary/aromatic N) is 5. The summed E-state index contributed by atoms with van der Waals surface area (Å²) in [7, 11) is 0. The van der Waals surface area contributed by atoms with Gasteiger partial charge in [-0.15, -0.1) is 0 Å². The molecule has 0 fully saturated rings. The highest BCUT2D eigenvalue weighted by molar-refractivity contribution is 6.15. The number of para-hydroxylation sites is 1. The number of rotatable bonds is 7. The van der Waals surface area contributed by atoms with E-state index in [1.54, 1.807) is 0 Å². The minimum Gasteiger partial charge on any atom is -0.264 e. The number of hydrogen-bond acceptors (Lipinski definition) is 3. The summed E-state index contributed by atoms with van der Waals surface area (Å²) in [5, 5.41) is 7.96. The van der Waals surface area contributed by atoms with Gasteiger partial charge in [0.15, 0.2) is 11.7 Å². The van der Waals surface area contributed by atoms with Crippen molar-refractivity contribution in [3.63, 3.8) is 0 Å². The van der Waals surface area contributed by atoms with E-state index >= 15 is 0 Å². The normalized spacial score (nSPS) is 12.1. The first-order valence-corrected chi connectivity index (χ1v) is 19.7. The molecule has 0 saturated heterocycles. The van der Waals surface area contributed by atoms with Crippen LogP contribution in [0.4, 0.5) is 0 Å². The van der Waals surface area contributed by atoms with Crippen LogP contribution in [0, 0.1) is 0 Å². The molecule has 0 atom stereocenters. The van der Waals surface area contributed by atoms with Crippen LogP contribution in [0.2, 0.25) is 0 Å². The van der Waals surface area contributed by atoms with E-state index in [1.807, 2.05) is 79.1 Å². The van der Waals surface area contributed by atoms with E-state index in [4.69, 9.17) is 15.0 Å². The molecule has 0 N–H and O–H groups in total. The fraction of sp³-hybridized carbons (Fsp3) is 0.0185. The molecule has 0 saturated carbocycles. The molecule has 5 nitrogen and oxygen atoms in total. The summed E-state index contributed by atoms with van der Waals surface area (Å²) in [6.45, 7) is 4.25. The van der Waals surface area contributed by atoms with Gasteiger partial charge in [-0.2, -0.15) is 0 Å². The molecule has 8 aromatic carbocycles. The minimum atomic E-state index is 0.400. The first-order valence-electron chi connectivity index (χ1n) is 19.7. The highest BCUT2D eigenvalue weighted by Crippen LogP contribution is 2.40. The van der Waals surface area contributed by atoms with Crippen LogP contribution in [0.1, 0.15) is 16.7 Å². The van der Waals surface area contributed by atoms with Crippen molar-refractivity contribution >= 4 is 61.6 Å². The van der Waals surface area contributed by atoms with Gasteiger partial charge in [-0.3, -0.25) is 9.98 Å². The number of aliphatic imine (C=N–C) groups is 3. The van der Waals surface area contributed by atoms with Gasteiger partial charge in [-0.25, -0.2) is 15.0 Å². The third kappa shape index (κ3) is 6.96. The smallest absolute Gasteiger partial charge is 0.161 e. The lowest BCUT2D eigenvalue weighted by atomic mass is 9.90. The Balaban J connectivity index is 1.15. The Hall–Kier alpha value is -7.89. The van der Waals surface area contributed by atoms with E-state index in [-0.39, 0.29) is 0 Å². The van der Waals surface area contributed by atoms with E-state index in [0.29, 0.717) is 18.2 Å². The molecule has 0 bridgehead atoms. The van der Waals surface area contributed by atoms with Gasteiger partial charge in [0.2, 0.25) is 0 Å². The summed E-state index contributed by atoms with van der Waals surface area (Å²) in [4.78, 5) is 24.3. The summed E-state index contributed by atoms with van der Waals surface area (Å²) >= 11 is 0. The molecule has 0 amide bonds. The van der Waals surface area contributed by atoms with Gasteiger partial charge < -0.3 is 0 Å². The first-order chi connectivity index (χ1) is 29.2. The van der Waals surface area contributed by atoms with Crippen molar-refractivity contribution in [1.29, 1.82) is 0 Å². The number of pyridine rings is 2. The molecule has 10 rings (SSSR count). The molecule has 5 heteroatoms. The zero-order valence-corrected chi connectivity index (χ0v) is 32.2. The minimum absolute atomic E-state index is 0.400. The maximum absolute atomic E-state index is 5.25. The van der Waals surface area contributed by atoms with Gasteiger partial charge >= 0.3 is 0 Å². The molecule has 0 aliphatic heterocycles. The summed E-state index contributed by atoms with van der Waals surface area (Å²) in [6, 6.07) is 65.5. The molecule has 0 radical (unpaired) electrons. The van der Waals surface area contributed by atoms with Crippen LogP contribution < -0.4 is 0 Å². The molecule has 0 spiro atoms. The molecular formula is C54H37N5. The van der Waals surface area contributed by atoms with Crippen LogP contribution in [0.15, 0.2) is 215 Å². The fourth-order valence-electron chi connectivity index (χ4n) is 8.06. The molecule has 0 unspecified atom stereocenters. The van der Waals surface area contributed by atoms with Crippen molar-refractivity contribution < 1.29 is 0 Å². The van der Waals surface area contributed by atoms with Gasteiger partial charge in [-0.1, -0.05) is 152 Å².